The smallest absolute Gasteiger partial charge is 0.294 e. The van der Waals surface area contributed by atoms with Crippen LogP contribution < -0.4 is 11.1 Å². The molecule has 0 aliphatic heterocycles. The zero-order chi connectivity index (χ0) is 10.4. The van der Waals surface area contributed by atoms with Gasteiger partial charge in [-0.2, -0.15) is 4.98 Å². The number of aromatic nitrogens is 1. The van der Waals surface area contributed by atoms with Crippen molar-refractivity contribution in [2.24, 2.45) is 11.7 Å². The summed E-state index contributed by atoms with van der Waals surface area (Å²) in [6.07, 6.45) is 3.94. The van der Waals surface area contributed by atoms with Crippen molar-refractivity contribution in [3.8, 4) is 0 Å². The summed E-state index contributed by atoms with van der Waals surface area (Å²) < 4.78 is 5.19. The van der Waals surface area contributed by atoms with Gasteiger partial charge in [-0.15, -0.1) is 0 Å². The van der Waals surface area contributed by atoms with E-state index in [1.165, 1.54) is 12.8 Å². The van der Waals surface area contributed by atoms with Gasteiger partial charge in [-0.1, -0.05) is 26.7 Å². The van der Waals surface area contributed by atoms with E-state index >= 15 is 0 Å². The van der Waals surface area contributed by atoms with Gasteiger partial charge in [0, 0.05) is 13.1 Å². The van der Waals surface area contributed by atoms with Crippen LogP contribution in [0.2, 0.25) is 0 Å². The number of oxazole rings is 1. The third kappa shape index (κ3) is 3.03. The zero-order valence-electron chi connectivity index (χ0n) is 8.92. The highest BCUT2D eigenvalue weighted by molar-refractivity contribution is 5.20. The Morgan fingerprint density at radius 2 is 2.21 bits per heavy atom. The van der Waals surface area contributed by atoms with Crippen LogP contribution in [0.25, 0.3) is 0 Å². The molecule has 0 aliphatic rings. The fraction of sp³-hybridized carbons (Fsp3) is 0.700. The molecule has 0 unspecified atom stereocenters. The van der Waals surface area contributed by atoms with Crippen LogP contribution in [0, 0.1) is 5.92 Å². The molecule has 0 aliphatic carbocycles. The van der Waals surface area contributed by atoms with E-state index < -0.39 is 0 Å². The maximum Gasteiger partial charge on any atom is 0.294 e. The molecule has 0 saturated heterocycles. The topological polar surface area (TPSA) is 64.1 Å². The first kappa shape index (κ1) is 11.0. The van der Waals surface area contributed by atoms with Gasteiger partial charge >= 0.3 is 0 Å². The minimum absolute atomic E-state index is 0.427. The Bertz CT molecular complexity index is 256. The minimum Gasteiger partial charge on any atom is -0.432 e. The maximum absolute atomic E-state index is 5.42. The molecular weight excluding hydrogens is 178 g/mol. The average Bonchev–Trinajstić information content (AvgIpc) is 2.67. The second kappa shape index (κ2) is 5.65. The summed E-state index contributed by atoms with van der Waals surface area (Å²) in [5.74, 6) is 0.684. The van der Waals surface area contributed by atoms with Gasteiger partial charge in [0.05, 0.1) is 5.69 Å². The van der Waals surface area contributed by atoms with Crippen molar-refractivity contribution < 1.29 is 4.42 Å². The molecule has 1 heterocycles. The van der Waals surface area contributed by atoms with E-state index in [-0.39, 0.29) is 0 Å². The molecule has 1 aromatic heterocycles. The zero-order valence-corrected chi connectivity index (χ0v) is 8.92. The summed E-state index contributed by atoms with van der Waals surface area (Å²) in [5, 5.41) is 3.17. The highest BCUT2D eigenvalue weighted by Crippen LogP contribution is 2.11. The summed E-state index contributed by atoms with van der Waals surface area (Å²) in [4.78, 5) is 4.17. The van der Waals surface area contributed by atoms with Gasteiger partial charge in [0.15, 0.2) is 0 Å². The summed E-state index contributed by atoms with van der Waals surface area (Å²) in [6, 6.07) is 0.581. The van der Waals surface area contributed by atoms with Gasteiger partial charge in [-0.25, -0.2) is 0 Å². The second-order valence-corrected chi connectivity index (χ2v) is 3.41. The maximum atomic E-state index is 5.42. The average molecular weight is 197 g/mol. The molecule has 1 aromatic rings. The normalized spacial score (nSPS) is 10.9. The van der Waals surface area contributed by atoms with E-state index in [1.54, 1.807) is 6.26 Å². The highest BCUT2D eigenvalue weighted by atomic mass is 16.4. The largest absolute Gasteiger partial charge is 0.432 e. The van der Waals surface area contributed by atoms with Crippen LogP contribution in [-0.4, -0.2) is 11.5 Å². The van der Waals surface area contributed by atoms with Crippen molar-refractivity contribution in [2.45, 2.75) is 33.2 Å². The Labute approximate surface area is 84.9 Å². The molecule has 0 bridgehead atoms. The van der Waals surface area contributed by atoms with Gasteiger partial charge < -0.3 is 15.5 Å². The molecule has 0 aromatic carbocycles. The molecule has 0 atom stereocenters. The highest BCUT2D eigenvalue weighted by Gasteiger charge is 2.05. The molecule has 4 heteroatoms. The van der Waals surface area contributed by atoms with E-state index in [0.29, 0.717) is 18.5 Å². The fourth-order valence-electron chi connectivity index (χ4n) is 1.29. The van der Waals surface area contributed by atoms with Crippen molar-refractivity contribution >= 4 is 6.01 Å². The van der Waals surface area contributed by atoms with Crippen LogP contribution in [0.1, 0.15) is 32.4 Å². The van der Waals surface area contributed by atoms with Gasteiger partial charge in [-0.05, 0) is 5.92 Å². The van der Waals surface area contributed by atoms with Crippen LogP contribution in [-0.2, 0) is 6.54 Å². The summed E-state index contributed by atoms with van der Waals surface area (Å²) >= 11 is 0. The van der Waals surface area contributed by atoms with Crippen molar-refractivity contribution in [1.29, 1.82) is 0 Å². The quantitative estimate of drug-likeness (QED) is 0.732. The van der Waals surface area contributed by atoms with Crippen molar-refractivity contribution in [3.63, 3.8) is 0 Å². The lowest BCUT2D eigenvalue weighted by molar-refractivity contribution is 0.501. The first-order valence-corrected chi connectivity index (χ1v) is 5.18. The number of nitrogens with one attached hydrogen (secondary N) is 1. The van der Waals surface area contributed by atoms with Crippen LogP contribution >= 0.6 is 0 Å². The van der Waals surface area contributed by atoms with Gasteiger partial charge in [0.1, 0.15) is 6.26 Å². The van der Waals surface area contributed by atoms with Crippen LogP contribution in [0.5, 0.6) is 0 Å². The van der Waals surface area contributed by atoms with Crippen molar-refractivity contribution in [3.05, 3.63) is 12.0 Å². The number of anilines is 1. The van der Waals surface area contributed by atoms with E-state index in [1.807, 2.05) is 0 Å². The molecule has 0 saturated carbocycles. The van der Waals surface area contributed by atoms with Crippen molar-refractivity contribution in [2.75, 3.05) is 11.9 Å². The summed E-state index contributed by atoms with van der Waals surface area (Å²) in [5.41, 5.74) is 6.21. The molecule has 80 valence electrons. The molecule has 0 spiro atoms. The molecular formula is C10H19N3O. The SMILES string of the molecule is CCC(CC)CNc1nc(CN)co1. The Balaban J connectivity index is 2.37. The second-order valence-electron chi connectivity index (χ2n) is 3.41. The van der Waals surface area contributed by atoms with E-state index in [2.05, 4.69) is 24.1 Å². The fourth-order valence-corrected chi connectivity index (χ4v) is 1.29. The minimum atomic E-state index is 0.427. The Morgan fingerprint density at radius 1 is 1.50 bits per heavy atom. The lowest BCUT2D eigenvalue weighted by Crippen LogP contribution is -2.12. The van der Waals surface area contributed by atoms with Crippen LogP contribution in [0.3, 0.4) is 0 Å². The lowest BCUT2D eigenvalue weighted by Gasteiger charge is -2.11. The number of hydrogen-bond donors (Lipinski definition) is 2. The molecule has 0 fully saturated rings. The van der Waals surface area contributed by atoms with Crippen molar-refractivity contribution in [1.82, 2.24) is 4.98 Å². The number of nitrogens with two attached hydrogens (primary N) is 1. The number of nitrogens with zero attached hydrogens (tertiary/aromatic N) is 1. The van der Waals surface area contributed by atoms with Crippen LogP contribution in [0.4, 0.5) is 6.01 Å². The molecule has 0 amide bonds. The third-order valence-electron chi connectivity index (χ3n) is 2.46. The summed E-state index contributed by atoms with van der Waals surface area (Å²) in [7, 11) is 0. The van der Waals surface area contributed by atoms with E-state index in [0.717, 1.165) is 12.2 Å². The van der Waals surface area contributed by atoms with E-state index in [9.17, 15) is 0 Å². The predicted molar refractivity (Wildman–Crippen MR) is 57.0 cm³/mol. The summed E-state index contributed by atoms with van der Waals surface area (Å²) in [6.45, 7) is 5.72. The first-order chi connectivity index (χ1) is 6.80. The molecule has 3 N–H and O–H groups in total. The monoisotopic (exact) mass is 197 g/mol. The Hall–Kier alpha value is -1.03. The lowest BCUT2D eigenvalue weighted by atomic mass is 10.0. The molecule has 1 rings (SSSR count). The molecule has 14 heavy (non-hydrogen) atoms. The third-order valence-corrected chi connectivity index (χ3v) is 2.46. The molecule has 0 radical (unpaired) electrons. The Kier molecular flexibility index (Phi) is 4.46. The van der Waals surface area contributed by atoms with E-state index in [4.69, 9.17) is 10.2 Å². The van der Waals surface area contributed by atoms with Gasteiger partial charge in [0.2, 0.25) is 0 Å². The number of hydrogen-bond acceptors (Lipinski definition) is 4. The Morgan fingerprint density at radius 3 is 2.71 bits per heavy atom. The number of rotatable bonds is 6. The van der Waals surface area contributed by atoms with Gasteiger partial charge in [0.25, 0.3) is 6.01 Å². The standard InChI is InChI=1S/C10H19N3O/c1-3-8(4-2)6-12-10-13-9(5-11)7-14-10/h7-8H,3-6,11H2,1-2H3,(H,12,13). The molecule has 4 nitrogen and oxygen atoms in total. The van der Waals surface area contributed by atoms with Crippen LogP contribution in [0.15, 0.2) is 10.7 Å². The van der Waals surface area contributed by atoms with Gasteiger partial charge in [-0.3, -0.25) is 0 Å². The first-order valence-electron chi connectivity index (χ1n) is 5.18. The predicted octanol–water partition coefficient (Wildman–Crippen LogP) is 1.98.